The average Bonchev–Trinajstić information content (AvgIpc) is 2.37. The molecule has 0 radical (unpaired) electrons. The number of nitrogens with zero attached hydrogens (tertiary/aromatic N) is 2. The zero-order chi connectivity index (χ0) is 14.0. The number of carbonyl (C=O) groups is 1. The van der Waals surface area contributed by atoms with E-state index in [0.29, 0.717) is 18.8 Å². The molecular weight excluding hydrogens is 244 g/mol. The molecule has 0 spiro atoms. The molecule has 1 heterocycles. The van der Waals surface area contributed by atoms with Crippen LogP contribution in [-0.2, 0) is 4.79 Å². The third-order valence-corrected chi connectivity index (χ3v) is 3.17. The van der Waals surface area contributed by atoms with Crippen LogP contribution >= 0.6 is 0 Å². The van der Waals surface area contributed by atoms with Crippen molar-refractivity contribution in [1.82, 2.24) is 4.90 Å². The lowest BCUT2D eigenvalue weighted by Gasteiger charge is -2.29. The minimum Gasteiger partial charge on any atom is -0.482 e. The van der Waals surface area contributed by atoms with Crippen LogP contribution in [0, 0.1) is 0 Å². The van der Waals surface area contributed by atoms with Crippen molar-refractivity contribution in [1.29, 1.82) is 0 Å². The maximum absolute atomic E-state index is 11.8. The molecular formula is C14H20N2O3. The summed E-state index contributed by atoms with van der Waals surface area (Å²) in [4.78, 5) is 15.4. The number of hydrogen-bond acceptors (Lipinski definition) is 4. The lowest BCUT2D eigenvalue weighted by molar-refractivity contribution is -0.121. The number of likely N-dealkylation sites (N-methyl/N-ethyl adjacent to an activating group) is 2. The highest BCUT2D eigenvalue weighted by molar-refractivity contribution is 5.97. The molecule has 1 atom stereocenters. The standard InChI is InChI=1S/C14H20N2O3/c1-4-16-11-7-10(12(17)8-15(2)3)5-6-13(11)19-9-14(16)18/h5-7,12,17H,4,8-9H2,1-3H3. The maximum atomic E-state index is 11.8. The Morgan fingerprint density at radius 2 is 2.21 bits per heavy atom. The molecule has 1 aromatic rings. The summed E-state index contributed by atoms with van der Waals surface area (Å²) in [7, 11) is 3.82. The van der Waals surface area contributed by atoms with E-state index >= 15 is 0 Å². The summed E-state index contributed by atoms with van der Waals surface area (Å²) in [6, 6.07) is 5.50. The molecule has 5 nitrogen and oxygen atoms in total. The van der Waals surface area contributed by atoms with Crippen molar-refractivity contribution in [3.05, 3.63) is 23.8 Å². The summed E-state index contributed by atoms with van der Waals surface area (Å²) < 4.78 is 5.40. The van der Waals surface area contributed by atoms with Crippen molar-refractivity contribution >= 4 is 11.6 Å². The molecule has 5 heteroatoms. The first-order valence-corrected chi connectivity index (χ1v) is 6.42. The molecule has 19 heavy (non-hydrogen) atoms. The van der Waals surface area contributed by atoms with E-state index in [9.17, 15) is 9.90 Å². The van der Waals surface area contributed by atoms with E-state index in [1.807, 2.05) is 44.1 Å². The van der Waals surface area contributed by atoms with E-state index < -0.39 is 6.10 Å². The predicted octanol–water partition coefficient (Wildman–Crippen LogP) is 1.03. The third kappa shape index (κ3) is 2.88. The number of rotatable bonds is 4. The highest BCUT2D eigenvalue weighted by Crippen LogP contribution is 2.34. The fourth-order valence-corrected chi connectivity index (χ4v) is 2.22. The van der Waals surface area contributed by atoms with Crippen LogP contribution in [-0.4, -0.2) is 49.7 Å². The van der Waals surface area contributed by atoms with Crippen LogP contribution in [0.1, 0.15) is 18.6 Å². The Balaban J connectivity index is 2.31. The normalized spacial score (nSPS) is 16.3. The molecule has 0 saturated carbocycles. The Morgan fingerprint density at radius 3 is 2.84 bits per heavy atom. The fourth-order valence-electron chi connectivity index (χ4n) is 2.22. The van der Waals surface area contributed by atoms with Crippen molar-refractivity contribution in [3.8, 4) is 5.75 Å². The van der Waals surface area contributed by atoms with Gasteiger partial charge in [-0.05, 0) is 38.7 Å². The van der Waals surface area contributed by atoms with E-state index in [1.54, 1.807) is 4.90 Å². The molecule has 0 bridgehead atoms. The van der Waals surface area contributed by atoms with Crippen molar-refractivity contribution in [3.63, 3.8) is 0 Å². The lowest BCUT2D eigenvalue weighted by Crippen LogP contribution is -2.38. The van der Waals surface area contributed by atoms with Gasteiger partial charge in [-0.25, -0.2) is 0 Å². The van der Waals surface area contributed by atoms with Gasteiger partial charge < -0.3 is 19.6 Å². The minimum absolute atomic E-state index is 0.0470. The highest BCUT2D eigenvalue weighted by Gasteiger charge is 2.25. The number of benzene rings is 1. The number of hydrogen-bond donors (Lipinski definition) is 1. The maximum Gasteiger partial charge on any atom is 0.265 e. The van der Waals surface area contributed by atoms with Crippen molar-refractivity contribution in [2.75, 3.05) is 38.7 Å². The molecule has 0 fully saturated rings. The molecule has 0 saturated heterocycles. The number of fused-ring (bicyclic) bond motifs is 1. The molecule has 1 aliphatic heterocycles. The summed E-state index contributed by atoms with van der Waals surface area (Å²) >= 11 is 0. The van der Waals surface area contributed by atoms with Crippen molar-refractivity contribution in [2.45, 2.75) is 13.0 Å². The van der Waals surface area contributed by atoms with Gasteiger partial charge in [0.05, 0.1) is 11.8 Å². The monoisotopic (exact) mass is 264 g/mol. The zero-order valence-corrected chi connectivity index (χ0v) is 11.6. The van der Waals surface area contributed by atoms with E-state index in [0.717, 1.165) is 11.3 Å². The lowest BCUT2D eigenvalue weighted by atomic mass is 10.1. The molecule has 1 aromatic carbocycles. The van der Waals surface area contributed by atoms with E-state index in [2.05, 4.69) is 0 Å². The minimum atomic E-state index is -0.573. The highest BCUT2D eigenvalue weighted by atomic mass is 16.5. The average molecular weight is 264 g/mol. The molecule has 2 rings (SSSR count). The second-order valence-electron chi connectivity index (χ2n) is 4.93. The van der Waals surface area contributed by atoms with Crippen LogP contribution in [0.2, 0.25) is 0 Å². The van der Waals surface area contributed by atoms with Crippen LogP contribution in [0.4, 0.5) is 5.69 Å². The Labute approximate surface area is 113 Å². The van der Waals surface area contributed by atoms with Gasteiger partial charge in [0.2, 0.25) is 0 Å². The smallest absolute Gasteiger partial charge is 0.265 e. The van der Waals surface area contributed by atoms with E-state index in [1.165, 1.54) is 0 Å². The molecule has 1 N–H and O–H groups in total. The van der Waals surface area contributed by atoms with Crippen LogP contribution < -0.4 is 9.64 Å². The molecule has 1 unspecified atom stereocenters. The van der Waals surface area contributed by atoms with E-state index in [-0.39, 0.29) is 12.5 Å². The fraction of sp³-hybridized carbons (Fsp3) is 0.500. The Kier molecular flexibility index (Phi) is 4.07. The topological polar surface area (TPSA) is 53.0 Å². The summed E-state index contributed by atoms with van der Waals surface area (Å²) in [5, 5.41) is 10.1. The first kappa shape index (κ1) is 13.8. The first-order valence-electron chi connectivity index (χ1n) is 6.42. The number of aliphatic hydroxyl groups excluding tert-OH is 1. The molecule has 0 aromatic heterocycles. The van der Waals surface area contributed by atoms with Gasteiger partial charge in [-0.2, -0.15) is 0 Å². The van der Waals surface area contributed by atoms with Gasteiger partial charge in [0, 0.05) is 13.1 Å². The second kappa shape index (κ2) is 5.59. The Bertz CT molecular complexity index is 474. The second-order valence-corrected chi connectivity index (χ2v) is 4.93. The van der Waals surface area contributed by atoms with Gasteiger partial charge in [0.25, 0.3) is 5.91 Å². The van der Waals surface area contributed by atoms with Crippen molar-refractivity contribution in [2.24, 2.45) is 0 Å². The van der Waals surface area contributed by atoms with Gasteiger partial charge in [-0.15, -0.1) is 0 Å². The summed E-state index contributed by atoms with van der Waals surface area (Å²) in [6.45, 7) is 3.15. The summed E-state index contributed by atoms with van der Waals surface area (Å²) in [5.41, 5.74) is 1.54. The van der Waals surface area contributed by atoms with Crippen LogP contribution in [0.25, 0.3) is 0 Å². The quantitative estimate of drug-likeness (QED) is 0.882. The Morgan fingerprint density at radius 1 is 1.47 bits per heavy atom. The van der Waals surface area contributed by atoms with Gasteiger partial charge >= 0.3 is 0 Å². The van der Waals surface area contributed by atoms with Crippen molar-refractivity contribution < 1.29 is 14.6 Å². The molecule has 1 amide bonds. The van der Waals surface area contributed by atoms with Crippen LogP contribution in [0.15, 0.2) is 18.2 Å². The van der Waals surface area contributed by atoms with Crippen LogP contribution in [0.3, 0.4) is 0 Å². The number of carbonyl (C=O) groups excluding carboxylic acids is 1. The summed E-state index contributed by atoms with van der Waals surface area (Å²) in [5.74, 6) is 0.650. The van der Waals surface area contributed by atoms with Crippen LogP contribution in [0.5, 0.6) is 5.75 Å². The predicted molar refractivity (Wildman–Crippen MR) is 73.5 cm³/mol. The zero-order valence-electron chi connectivity index (χ0n) is 11.6. The molecule has 1 aliphatic rings. The first-order chi connectivity index (χ1) is 9.02. The SMILES string of the molecule is CCN1C(=O)COc2ccc(C(O)CN(C)C)cc21. The Hall–Kier alpha value is -1.59. The van der Waals surface area contributed by atoms with Gasteiger partial charge in [0.15, 0.2) is 6.61 Å². The third-order valence-electron chi connectivity index (χ3n) is 3.17. The largest absolute Gasteiger partial charge is 0.482 e. The summed E-state index contributed by atoms with van der Waals surface area (Å²) in [6.07, 6.45) is -0.573. The molecule has 104 valence electrons. The number of amides is 1. The van der Waals surface area contributed by atoms with Gasteiger partial charge in [0.1, 0.15) is 5.75 Å². The number of aliphatic hydroxyl groups is 1. The van der Waals surface area contributed by atoms with E-state index in [4.69, 9.17) is 4.74 Å². The van der Waals surface area contributed by atoms with Gasteiger partial charge in [-0.1, -0.05) is 6.07 Å². The number of anilines is 1. The number of ether oxygens (including phenoxy) is 1. The van der Waals surface area contributed by atoms with Gasteiger partial charge in [-0.3, -0.25) is 4.79 Å². The molecule has 0 aliphatic carbocycles.